The van der Waals surface area contributed by atoms with Crippen molar-refractivity contribution >= 4 is 23.3 Å². The first-order valence-electron chi connectivity index (χ1n) is 8.61. The Morgan fingerprint density at radius 1 is 1.22 bits per heavy atom. The number of rotatable bonds is 2. The molecule has 3 aromatic rings. The number of aliphatic imine (C=N–C) groups is 1. The molecule has 8 heteroatoms. The molecule has 1 unspecified atom stereocenters. The summed E-state index contributed by atoms with van der Waals surface area (Å²) >= 11 is 1.47. The lowest BCUT2D eigenvalue weighted by atomic mass is 9.98. The van der Waals surface area contributed by atoms with Gasteiger partial charge in [-0.2, -0.15) is 0 Å². The molecular weight excluding hydrogens is 370 g/mol. The van der Waals surface area contributed by atoms with Crippen molar-refractivity contribution in [3.63, 3.8) is 0 Å². The molecule has 27 heavy (non-hydrogen) atoms. The number of halogens is 2. The van der Waals surface area contributed by atoms with Crippen LogP contribution < -0.4 is 0 Å². The summed E-state index contributed by atoms with van der Waals surface area (Å²) in [6.07, 6.45) is 2.33. The lowest BCUT2D eigenvalue weighted by molar-refractivity contribution is -0.109. The van der Waals surface area contributed by atoms with Gasteiger partial charge in [0.1, 0.15) is 35.3 Å². The molecule has 1 aliphatic carbocycles. The third-order valence-corrected chi connectivity index (χ3v) is 6.49. The molecule has 1 aliphatic heterocycles. The van der Waals surface area contributed by atoms with Gasteiger partial charge in [-0.3, -0.25) is 9.56 Å². The largest absolute Gasteiger partial charge is 0.303 e. The Morgan fingerprint density at radius 3 is 2.74 bits per heavy atom. The number of nitrogens with zero attached hydrogens (tertiary/aromatic N) is 4. The molecule has 0 fully saturated rings. The summed E-state index contributed by atoms with van der Waals surface area (Å²) < 4.78 is 31.1. The molecule has 2 aliphatic rings. The first kappa shape index (κ1) is 16.4. The molecule has 0 saturated heterocycles. The second-order valence-electron chi connectivity index (χ2n) is 6.67. The van der Waals surface area contributed by atoms with Gasteiger partial charge >= 0.3 is 0 Å². The molecule has 0 radical (unpaired) electrons. The van der Waals surface area contributed by atoms with Crippen molar-refractivity contribution in [2.75, 3.05) is 0 Å². The molecule has 0 spiro atoms. The van der Waals surface area contributed by atoms with Gasteiger partial charge in [0.05, 0.1) is 11.3 Å². The van der Waals surface area contributed by atoms with Crippen LogP contribution >= 0.6 is 11.3 Å². The van der Waals surface area contributed by atoms with E-state index in [1.165, 1.54) is 29.5 Å². The Morgan fingerprint density at radius 2 is 2.00 bits per heavy atom. The van der Waals surface area contributed by atoms with Crippen LogP contribution in [0.4, 0.5) is 8.78 Å². The van der Waals surface area contributed by atoms with Gasteiger partial charge < -0.3 is 4.79 Å². The minimum atomic E-state index is -0.654. The van der Waals surface area contributed by atoms with Crippen LogP contribution in [-0.2, 0) is 17.8 Å². The van der Waals surface area contributed by atoms with Crippen LogP contribution in [-0.4, -0.2) is 26.8 Å². The molecule has 0 bridgehead atoms. The lowest BCUT2D eigenvalue weighted by Gasteiger charge is -2.11. The second kappa shape index (κ2) is 5.88. The van der Waals surface area contributed by atoms with Crippen LogP contribution in [0.3, 0.4) is 0 Å². The average molecular weight is 384 g/mol. The summed E-state index contributed by atoms with van der Waals surface area (Å²) in [5.41, 5.74) is 1.80. The monoisotopic (exact) mass is 384 g/mol. The summed E-state index contributed by atoms with van der Waals surface area (Å²) in [5, 5.41) is 9.07. The molecular formula is C19H14F2N4OS. The zero-order chi connectivity index (χ0) is 18.7. The third-order valence-electron chi connectivity index (χ3n) is 5.14. The molecule has 1 atom stereocenters. The molecule has 2 aromatic heterocycles. The van der Waals surface area contributed by atoms with Crippen LogP contribution in [0.1, 0.15) is 45.6 Å². The molecule has 0 saturated carbocycles. The Bertz CT molecular complexity index is 1110. The summed E-state index contributed by atoms with van der Waals surface area (Å²) in [7, 11) is 0. The van der Waals surface area contributed by atoms with Crippen LogP contribution in [0.5, 0.6) is 0 Å². The van der Waals surface area contributed by atoms with E-state index in [2.05, 4.69) is 15.2 Å². The maximum atomic E-state index is 14.6. The molecule has 0 amide bonds. The fraction of sp³-hybridized carbons (Fsp3) is 0.263. The number of aryl methyl sites for hydroxylation is 1. The van der Waals surface area contributed by atoms with E-state index < -0.39 is 11.6 Å². The Labute approximate surface area is 157 Å². The van der Waals surface area contributed by atoms with Crippen molar-refractivity contribution < 1.29 is 13.6 Å². The summed E-state index contributed by atoms with van der Waals surface area (Å²) in [5.74, 6) is -0.204. The zero-order valence-corrected chi connectivity index (χ0v) is 15.2. The van der Waals surface area contributed by atoms with Gasteiger partial charge in [0.25, 0.3) is 0 Å². The molecule has 5 nitrogen and oxygen atoms in total. The van der Waals surface area contributed by atoms with Crippen LogP contribution in [0.2, 0.25) is 0 Å². The predicted molar refractivity (Wildman–Crippen MR) is 96.8 cm³/mol. The third kappa shape index (κ3) is 2.26. The van der Waals surface area contributed by atoms with Crippen molar-refractivity contribution in [2.45, 2.75) is 32.2 Å². The maximum Gasteiger partial charge on any atom is 0.160 e. The molecule has 1 aromatic carbocycles. The number of thiophene rings is 1. The number of aromatic nitrogens is 3. The van der Waals surface area contributed by atoms with Crippen molar-refractivity contribution in [1.82, 2.24) is 14.8 Å². The number of benzene rings is 1. The summed E-state index contributed by atoms with van der Waals surface area (Å²) in [4.78, 5) is 17.0. The molecule has 5 rings (SSSR count). The minimum Gasteiger partial charge on any atom is -0.303 e. The summed E-state index contributed by atoms with van der Waals surface area (Å²) in [6, 6.07) is 3.81. The van der Waals surface area contributed by atoms with E-state index in [-0.39, 0.29) is 23.7 Å². The first-order valence-corrected chi connectivity index (χ1v) is 9.43. The number of fused-ring (bicyclic) bond motifs is 5. The van der Waals surface area contributed by atoms with Gasteiger partial charge in [-0.15, -0.1) is 21.5 Å². The highest BCUT2D eigenvalue weighted by Crippen LogP contribution is 2.45. The summed E-state index contributed by atoms with van der Waals surface area (Å²) in [6.45, 7) is 2.01. The Kier molecular flexibility index (Phi) is 3.58. The van der Waals surface area contributed by atoms with Crippen LogP contribution in [0, 0.1) is 18.6 Å². The minimum absolute atomic E-state index is 0.134. The fourth-order valence-electron chi connectivity index (χ4n) is 3.91. The maximum absolute atomic E-state index is 14.6. The topological polar surface area (TPSA) is 60.1 Å². The molecule has 0 N–H and O–H groups in total. The highest BCUT2D eigenvalue weighted by Gasteiger charge is 2.36. The second-order valence-corrected chi connectivity index (χ2v) is 7.70. The van der Waals surface area contributed by atoms with E-state index in [0.717, 1.165) is 21.7 Å². The van der Waals surface area contributed by atoms with E-state index >= 15 is 0 Å². The zero-order valence-electron chi connectivity index (χ0n) is 14.4. The molecule has 3 heterocycles. The van der Waals surface area contributed by atoms with Gasteiger partial charge in [0.15, 0.2) is 5.82 Å². The smallest absolute Gasteiger partial charge is 0.160 e. The highest BCUT2D eigenvalue weighted by molar-refractivity contribution is 7.15. The average Bonchev–Trinajstić information content (AvgIpc) is 3.28. The van der Waals surface area contributed by atoms with Crippen LogP contribution in [0.25, 0.3) is 5.00 Å². The van der Waals surface area contributed by atoms with Gasteiger partial charge in [-0.25, -0.2) is 8.78 Å². The number of hydrogen-bond acceptors (Lipinski definition) is 5. The van der Waals surface area contributed by atoms with Crippen molar-refractivity contribution in [2.24, 2.45) is 4.99 Å². The SMILES string of the molecule is Cc1nnc2n1-c1sc3c(c1C(c1c(F)cccc1F)=NC2)CCC3C=O. The van der Waals surface area contributed by atoms with Gasteiger partial charge in [-0.1, -0.05) is 6.07 Å². The van der Waals surface area contributed by atoms with E-state index in [1.807, 2.05) is 11.5 Å². The van der Waals surface area contributed by atoms with Crippen molar-refractivity contribution in [3.8, 4) is 5.00 Å². The van der Waals surface area contributed by atoms with Crippen molar-refractivity contribution in [1.29, 1.82) is 0 Å². The predicted octanol–water partition coefficient (Wildman–Crippen LogP) is 3.50. The quantitative estimate of drug-likeness (QED) is 0.636. The van der Waals surface area contributed by atoms with Gasteiger partial charge in [-0.05, 0) is 37.5 Å². The van der Waals surface area contributed by atoms with E-state index in [1.54, 1.807) is 0 Å². The number of carbonyl (C=O) groups excluding carboxylic acids is 1. The molecule has 136 valence electrons. The van der Waals surface area contributed by atoms with Crippen LogP contribution in [0.15, 0.2) is 23.2 Å². The normalized spacial score (nSPS) is 17.7. The van der Waals surface area contributed by atoms with Gasteiger partial charge in [0.2, 0.25) is 0 Å². The number of hydrogen-bond donors (Lipinski definition) is 0. The standard InChI is InChI=1S/C19H14F2N4OS/c1-9-23-24-14-7-22-17(16-12(20)3-2-4-13(16)21)15-11-6-5-10(8-26)18(11)27-19(15)25(9)14/h2-4,8,10H,5-7H2,1H3. The number of carbonyl (C=O) groups is 1. The number of aldehydes is 1. The van der Waals surface area contributed by atoms with E-state index in [0.29, 0.717) is 30.1 Å². The van der Waals surface area contributed by atoms with E-state index in [9.17, 15) is 13.6 Å². The first-order chi connectivity index (χ1) is 13.1. The Balaban J connectivity index is 1.85. The lowest BCUT2D eigenvalue weighted by Crippen LogP contribution is -2.12. The highest BCUT2D eigenvalue weighted by atomic mass is 32.1. The fourth-order valence-corrected chi connectivity index (χ4v) is 5.42. The van der Waals surface area contributed by atoms with Crippen molar-refractivity contribution in [3.05, 3.63) is 63.0 Å². The Hall–Kier alpha value is -2.74. The van der Waals surface area contributed by atoms with Gasteiger partial charge in [0, 0.05) is 16.4 Å². The van der Waals surface area contributed by atoms with E-state index in [4.69, 9.17) is 0 Å².